The van der Waals surface area contributed by atoms with Crippen LogP contribution in [0.25, 0.3) is 0 Å². The van der Waals surface area contributed by atoms with Crippen molar-refractivity contribution in [3.8, 4) is 0 Å². The van der Waals surface area contributed by atoms with Crippen molar-refractivity contribution in [2.75, 3.05) is 11.9 Å². The number of benzene rings is 1. The topological polar surface area (TPSA) is 20.3 Å². The molecule has 2 aliphatic carbocycles. The maximum absolute atomic E-state index is 12.9. The molecule has 0 unspecified atom stereocenters. The highest BCUT2D eigenvalue weighted by Gasteiger charge is 2.43. The first-order valence-corrected chi connectivity index (χ1v) is 8.27. The van der Waals surface area contributed by atoms with Crippen LogP contribution in [-0.2, 0) is 11.2 Å². The van der Waals surface area contributed by atoms with Gasteiger partial charge in [0.1, 0.15) is 0 Å². The number of nitrogens with zero attached hydrogens (tertiary/aromatic N) is 1. The first kappa shape index (κ1) is 13.1. The van der Waals surface area contributed by atoms with Crippen LogP contribution in [0.4, 0.5) is 5.69 Å². The van der Waals surface area contributed by atoms with E-state index < -0.39 is 0 Å². The summed E-state index contributed by atoms with van der Waals surface area (Å²) < 4.78 is 0. The molecule has 1 amide bonds. The Kier molecular flexibility index (Phi) is 2.95. The van der Waals surface area contributed by atoms with Gasteiger partial charge in [0.15, 0.2) is 0 Å². The third kappa shape index (κ3) is 2.04. The zero-order chi connectivity index (χ0) is 14.4. The van der Waals surface area contributed by atoms with Gasteiger partial charge in [0, 0.05) is 18.3 Å². The van der Waals surface area contributed by atoms with Crippen molar-refractivity contribution in [3.05, 3.63) is 41.5 Å². The van der Waals surface area contributed by atoms with Gasteiger partial charge in [-0.2, -0.15) is 0 Å². The summed E-state index contributed by atoms with van der Waals surface area (Å²) in [6, 6.07) is 8.39. The van der Waals surface area contributed by atoms with Crippen LogP contribution in [-0.4, -0.2) is 13.0 Å². The van der Waals surface area contributed by atoms with E-state index in [0.717, 1.165) is 17.7 Å². The third-order valence-electron chi connectivity index (χ3n) is 5.77. The number of fused-ring (bicyclic) bond motifs is 2. The maximum atomic E-state index is 12.9. The van der Waals surface area contributed by atoms with Gasteiger partial charge in [-0.25, -0.2) is 0 Å². The second-order valence-corrected chi connectivity index (χ2v) is 7.12. The van der Waals surface area contributed by atoms with Crippen molar-refractivity contribution in [2.45, 2.75) is 44.9 Å². The zero-order valence-corrected chi connectivity index (χ0v) is 12.8. The van der Waals surface area contributed by atoms with Gasteiger partial charge in [-0.15, -0.1) is 0 Å². The molecule has 21 heavy (non-hydrogen) atoms. The van der Waals surface area contributed by atoms with Gasteiger partial charge >= 0.3 is 0 Å². The Bertz CT molecular complexity index is 610. The lowest BCUT2D eigenvalue weighted by atomic mass is 9.72. The number of allylic oxidation sites excluding steroid dienone is 1. The fourth-order valence-corrected chi connectivity index (χ4v) is 4.71. The molecule has 1 aromatic rings. The van der Waals surface area contributed by atoms with Crippen LogP contribution in [0.2, 0.25) is 0 Å². The van der Waals surface area contributed by atoms with Crippen molar-refractivity contribution in [3.63, 3.8) is 0 Å². The average molecular weight is 281 g/mol. The van der Waals surface area contributed by atoms with Crippen molar-refractivity contribution in [1.82, 2.24) is 0 Å². The molecule has 0 N–H and O–H groups in total. The normalized spacial score (nSPS) is 27.1. The molecule has 0 saturated heterocycles. The van der Waals surface area contributed by atoms with Gasteiger partial charge in [0.2, 0.25) is 0 Å². The van der Waals surface area contributed by atoms with Crippen LogP contribution in [0.1, 0.15) is 44.1 Å². The first-order valence-electron chi connectivity index (χ1n) is 8.27. The molecule has 1 aliphatic heterocycles. The molecular formula is C19H23NO. The molecule has 0 aromatic heterocycles. The summed E-state index contributed by atoms with van der Waals surface area (Å²) in [6.07, 6.45) is 11.2. The summed E-state index contributed by atoms with van der Waals surface area (Å²) in [4.78, 5) is 14.7. The minimum absolute atomic E-state index is 0.229. The number of hydrogen-bond acceptors (Lipinski definition) is 1. The monoisotopic (exact) mass is 281 g/mol. The van der Waals surface area contributed by atoms with Crippen molar-refractivity contribution in [1.29, 1.82) is 0 Å². The van der Waals surface area contributed by atoms with Gasteiger partial charge in [0.25, 0.3) is 5.91 Å². The molecule has 1 fully saturated rings. The smallest absolute Gasteiger partial charge is 0.253 e. The van der Waals surface area contributed by atoms with Crippen molar-refractivity contribution in [2.24, 2.45) is 11.3 Å². The van der Waals surface area contributed by atoms with E-state index in [4.69, 9.17) is 0 Å². The minimum Gasteiger partial charge on any atom is -0.311 e. The van der Waals surface area contributed by atoms with Gasteiger partial charge in [-0.3, -0.25) is 4.79 Å². The third-order valence-corrected chi connectivity index (χ3v) is 5.77. The Balaban J connectivity index is 1.74. The molecule has 4 rings (SSSR count). The second kappa shape index (κ2) is 4.72. The summed E-state index contributed by atoms with van der Waals surface area (Å²) in [6.45, 7) is 0. The molecule has 2 heteroatoms. The summed E-state index contributed by atoms with van der Waals surface area (Å²) in [5.74, 6) is 0.661. The minimum atomic E-state index is 0.229. The molecule has 0 radical (unpaired) electrons. The Morgan fingerprint density at radius 3 is 2.71 bits per heavy atom. The molecular weight excluding hydrogens is 258 g/mol. The van der Waals surface area contributed by atoms with E-state index in [1.165, 1.54) is 44.1 Å². The SMILES string of the molecule is CN1C(=O)C2=CC3(CCCCC3)C[C@@H]2Cc2ccccc21. The molecule has 1 aromatic carbocycles. The van der Waals surface area contributed by atoms with Gasteiger partial charge < -0.3 is 4.90 Å². The highest BCUT2D eigenvalue weighted by molar-refractivity contribution is 6.07. The number of carbonyl (C=O) groups excluding carboxylic acids is 1. The van der Waals surface area contributed by atoms with E-state index in [1.54, 1.807) is 0 Å². The summed E-state index contributed by atoms with van der Waals surface area (Å²) in [5, 5.41) is 0. The Morgan fingerprint density at radius 2 is 1.90 bits per heavy atom. The predicted molar refractivity (Wildman–Crippen MR) is 85.3 cm³/mol. The van der Waals surface area contributed by atoms with Crippen LogP contribution >= 0.6 is 0 Å². The molecule has 1 heterocycles. The number of anilines is 1. The van der Waals surface area contributed by atoms with Gasteiger partial charge in [-0.05, 0) is 48.6 Å². The van der Waals surface area contributed by atoms with Crippen LogP contribution in [0.3, 0.4) is 0 Å². The second-order valence-electron chi connectivity index (χ2n) is 7.12. The lowest BCUT2D eigenvalue weighted by Gasteiger charge is -2.32. The van der Waals surface area contributed by atoms with E-state index in [1.807, 2.05) is 18.0 Å². The highest BCUT2D eigenvalue weighted by Crippen LogP contribution is 2.52. The maximum Gasteiger partial charge on any atom is 0.253 e. The molecule has 1 saturated carbocycles. The van der Waals surface area contributed by atoms with E-state index >= 15 is 0 Å². The summed E-state index contributed by atoms with van der Waals surface area (Å²) >= 11 is 0. The van der Waals surface area contributed by atoms with Crippen LogP contribution < -0.4 is 4.90 Å². The number of amides is 1. The highest BCUT2D eigenvalue weighted by atomic mass is 16.2. The predicted octanol–water partition coefficient (Wildman–Crippen LogP) is 4.10. The van der Waals surface area contributed by atoms with E-state index in [9.17, 15) is 4.79 Å². The number of rotatable bonds is 0. The van der Waals surface area contributed by atoms with Crippen LogP contribution in [0.5, 0.6) is 0 Å². The number of carbonyl (C=O) groups is 1. The largest absolute Gasteiger partial charge is 0.311 e. The Hall–Kier alpha value is -1.57. The van der Waals surface area contributed by atoms with Gasteiger partial charge in [-0.1, -0.05) is 43.5 Å². The van der Waals surface area contributed by atoms with Gasteiger partial charge in [0.05, 0.1) is 0 Å². The van der Waals surface area contributed by atoms with E-state index in [2.05, 4.69) is 24.3 Å². The van der Waals surface area contributed by atoms with Crippen LogP contribution in [0.15, 0.2) is 35.9 Å². The standard InChI is InChI=1S/C19H23NO/c1-20-17-8-4-3-7-14(17)11-15-12-19(9-5-2-6-10-19)13-16(15)18(20)21/h3-4,7-8,13,15H,2,5-6,9-12H2,1H3/t15-/m0/s1. The number of hydrogen-bond donors (Lipinski definition) is 0. The average Bonchev–Trinajstić information content (AvgIpc) is 2.81. The lowest BCUT2D eigenvalue weighted by molar-refractivity contribution is -0.115. The zero-order valence-electron chi connectivity index (χ0n) is 12.8. The fraction of sp³-hybridized carbons (Fsp3) is 0.526. The molecule has 2 nitrogen and oxygen atoms in total. The molecule has 1 spiro atoms. The Morgan fingerprint density at radius 1 is 1.14 bits per heavy atom. The summed E-state index contributed by atoms with van der Waals surface area (Å²) in [5.41, 5.74) is 3.85. The first-order chi connectivity index (χ1) is 10.2. The number of likely N-dealkylation sites (N-methyl/N-ethyl adjacent to an activating group) is 1. The van der Waals surface area contributed by atoms with Crippen LogP contribution in [0, 0.1) is 11.3 Å². The van der Waals surface area contributed by atoms with E-state index in [-0.39, 0.29) is 5.91 Å². The quantitative estimate of drug-likeness (QED) is 0.701. The summed E-state index contributed by atoms with van der Waals surface area (Å²) in [7, 11) is 1.93. The van der Waals surface area contributed by atoms with Crippen molar-refractivity contribution < 1.29 is 4.79 Å². The lowest BCUT2D eigenvalue weighted by Crippen LogP contribution is -2.27. The molecule has 0 bridgehead atoms. The number of para-hydroxylation sites is 1. The molecule has 1 atom stereocenters. The fourth-order valence-electron chi connectivity index (χ4n) is 4.71. The van der Waals surface area contributed by atoms with E-state index in [0.29, 0.717) is 11.3 Å². The van der Waals surface area contributed by atoms with Crippen molar-refractivity contribution >= 4 is 11.6 Å². The molecule has 110 valence electrons. The Labute approximate surface area is 126 Å². The molecule has 3 aliphatic rings.